The van der Waals surface area contributed by atoms with Gasteiger partial charge in [-0.05, 0) is 38.9 Å². The molecule has 2 rings (SSSR count). The largest absolute Gasteiger partial charge is 0.480 e. The van der Waals surface area contributed by atoms with Gasteiger partial charge in [0.1, 0.15) is 6.04 Å². The van der Waals surface area contributed by atoms with Crippen LogP contribution in [0.2, 0.25) is 0 Å². The first kappa shape index (κ1) is 16.5. The molecule has 5 nitrogen and oxygen atoms in total. The molecule has 120 valence electrons. The van der Waals surface area contributed by atoms with Crippen molar-refractivity contribution >= 4 is 11.9 Å². The Bertz CT molecular complexity index is 527. The molecule has 1 aromatic rings. The van der Waals surface area contributed by atoms with Crippen LogP contribution in [0.5, 0.6) is 0 Å². The number of likely N-dealkylation sites (tertiary alicyclic amines) is 1. The first-order chi connectivity index (χ1) is 10.5. The molecule has 5 heteroatoms. The fraction of sp³-hybridized carbons (Fsp3) is 0.529. The van der Waals surface area contributed by atoms with Crippen molar-refractivity contribution in [3.63, 3.8) is 0 Å². The number of nitrogens with zero attached hydrogens (tertiary/aromatic N) is 1. The lowest BCUT2D eigenvalue weighted by atomic mass is 9.96. The maximum absolute atomic E-state index is 12.3. The Morgan fingerprint density at radius 2 is 2.05 bits per heavy atom. The van der Waals surface area contributed by atoms with Gasteiger partial charge in [0.25, 0.3) is 0 Å². The highest BCUT2D eigenvalue weighted by atomic mass is 16.4. The lowest BCUT2D eigenvalue weighted by Gasteiger charge is -2.29. The molecule has 1 saturated heterocycles. The third-order valence-corrected chi connectivity index (χ3v) is 4.17. The van der Waals surface area contributed by atoms with Crippen LogP contribution >= 0.6 is 0 Å². The number of carbonyl (C=O) groups is 2. The number of hydrogen-bond donors (Lipinski definition) is 2. The van der Waals surface area contributed by atoms with Gasteiger partial charge in [-0.25, -0.2) is 4.79 Å². The highest BCUT2D eigenvalue weighted by Crippen LogP contribution is 2.16. The summed E-state index contributed by atoms with van der Waals surface area (Å²) in [7, 11) is 1.99. The van der Waals surface area contributed by atoms with Gasteiger partial charge in [0.15, 0.2) is 0 Å². The second-order valence-electron chi connectivity index (χ2n) is 6.19. The number of carbonyl (C=O) groups excluding carboxylic acids is 1. The van der Waals surface area contributed by atoms with Crippen molar-refractivity contribution in [2.75, 3.05) is 20.1 Å². The molecule has 0 radical (unpaired) electrons. The maximum atomic E-state index is 12.3. The van der Waals surface area contributed by atoms with E-state index in [2.05, 4.69) is 10.2 Å². The van der Waals surface area contributed by atoms with E-state index >= 15 is 0 Å². The SMILES string of the molecule is Cc1ccc(C[C@H](NC(=O)C2CCCN(C)C2)C(=O)O)cc1. The summed E-state index contributed by atoms with van der Waals surface area (Å²) >= 11 is 0. The van der Waals surface area contributed by atoms with Crippen molar-refractivity contribution in [1.82, 2.24) is 10.2 Å². The van der Waals surface area contributed by atoms with Crippen molar-refractivity contribution in [3.8, 4) is 0 Å². The van der Waals surface area contributed by atoms with Gasteiger partial charge in [-0.15, -0.1) is 0 Å². The Morgan fingerprint density at radius 1 is 1.36 bits per heavy atom. The Morgan fingerprint density at radius 3 is 2.64 bits per heavy atom. The summed E-state index contributed by atoms with van der Waals surface area (Å²) in [6.07, 6.45) is 2.11. The summed E-state index contributed by atoms with van der Waals surface area (Å²) in [6.45, 7) is 3.68. The number of aliphatic carboxylic acids is 1. The summed E-state index contributed by atoms with van der Waals surface area (Å²) in [5.41, 5.74) is 2.05. The first-order valence-electron chi connectivity index (χ1n) is 7.73. The molecule has 1 unspecified atom stereocenters. The second kappa shape index (κ2) is 7.40. The molecule has 1 amide bonds. The Hall–Kier alpha value is -1.88. The Labute approximate surface area is 131 Å². The quantitative estimate of drug-likeness (QED) is 0.864. The zero-order valence-corrected chi connectivity index (χ0v) is 13.2. The number of carboxylic acids is 1. The number of aryl methyl sites for hydroxylation is 1. The summed E-state index contributed by atoms with van der Waals surface area (Å²) in [5.74, 6) is -1.25. The molecule has 22 heavy (non-hydrogen) atoms. The lowest BCUT2D eigenvalue weighted by Crippen LogP contribution is -2.48. The molecule has 1 aliphatic rings. The smallest absolute Gasteiger partial charge is 0.326 e. The number of carboxylic acid groups (broad SMARTS) is 1. The summed E-state index contributed by atoms with van der Waals surface area (Å²) in [5, 5.41) is 12.1. The topological polar surface area (TPSA) is 69.6 Å². The second-order valence-corrected chi connectivity index (χ2v) is 6.19. The van der Waals surface area contributed by atoms with Crippen molar-refractivity contribution in [1.29, 1.82) is 0 Å². The van der Waals surface area contributed by atoms with Gasteiger partial charge in [-0.2, -0.15) is 0 Å². The molecule has 2 N–H and O–H groups in total. The van der Waals surface area contributed by atoms with Gasteiger partial charge < -0.3 is 15.3 Å². The number of nitrogens with one attached hydrogen (secondary N) is 1. The molecule has 0 saturated carbocycles. The fourth-order valence-corrected chi connectivity index (χ4v) is 2.83. The molecule has 0 bridgehead atoms. The van der Waals surface area contributed by atoms with Gasteiger partial charge in [-0.3, -0.25) is 4.79 Å². The van der Waals surface area contributed by atoms with Crippen LogP contribution in [0.15, 0.2) is 24.3 Å². The van der Waals surface area contributed by atoms with Gasteiger partial charge in [0.2, 0.25) is 5.91 Å². The molecule has 2 atom stereocenters. The molecule has 1 aliphatic heterocycles. The van der Waals surface area contributed by atoms with Gasteiger partial charge in [-0.1, -0.05) is 29.8 Å². The normalized spacial score (nSPS) is 20.4. The lowest BCUT2D eigenvalue weighted by molar-refractivity contribution is -0.142. The van der Waals surface area contributed by atoms with Crippen LogP contribution in [-0.2, 0) is 16.0 Å². The van der Waals surface area contributed by atoms with Crippen LogP contribution in [0.1, 0.15) is 24.0 Å². The molecule has 1 heterocycles. The van der Waals surface area contributed by atoms with Crippen molar-refractivity contribution in [2.24, 2.45) is 5.92 Å². The van der Waals surface area contributed by atoms with E-state index in [0.717, 1.165) is 30.5 Å². The van der Waals surface area contributed by atoms with Crippen LogP contribution in [-0.4, -0.2) is 48.1 Å². The number of piperidine rings is 1. The van der Waals surface area contributed by atoms with E-state index in [-0.39, 0.29) is 11.8 Å². The minimum Gasteiger partial charge on any atom is -0.480 e. The predicted octanol–water partition coefficient (Wildman–Crippen LogP) is 1.45. The van der Waals surface area contributed by atoms with E-state index in [0.29, 0.717) is 13.0 Å². The average Bonchev–Trinajstić information content (AvgIpc) is 2.48. The molecular weight excluding hydrogens is 280 g/mol. The minimum atomic E-state index is -0.988. The highest BCUT2D eigenvalue weighted by Gasteiger charge is 2.28. The molecule has 0 spiro atoms. The summed E-state index contributed by atoms with van der Waals surface area (Å²) in [4.78, 5) is 25.8. The van der Waals surface area contributed by atoms with E-state index in [4.69, 9.17) is 0 Å². The van der Waals surface area contributed by atoms with E-state index in [9.17, 15) is 14.7 Å². The highest BCUT2D eigenvalue weighted by molar-refractivity contribution is 5.85. The Balaban J connectivity index is 1.97. The van der Waals surface area contributed by atoms with Crippen LogP contribution in [0.25, 0.3) is 0 Å². The standard InChI is InChI=1S/C17H24N2O3/c1-12-5-7-13(8-6-12)10-15(17(21)22)18-16(20)14-4-3-9-19(2)11-14/h5-8,14-15H,3-4,9-11H2,1-2H3,(H,18,20)(H,21,22)/t14?,15-/m0/s1. The van der Waals surface area contributed by atoms with Crippen LogP contribution in [0, 0.1) is 12.8 Å². The third kappa shape index (κ3) is 4.56. The molecular formula is C17H24N2O3. The summed E-state index contributed by atoms with van der Waals surface area (Å²) < 4.78 is 0. The zero-order valence-electron chi connectivity index (χ0n) is 13.2. The fourth-order valence-electron chi connectivity index (χ4n) is 2.83. The molecule has 0 aromatic heterocycles. The van der Waals surface area contributed by atoms with Crippen molar-refractivity contribution in [3.05, 3.63) is 35.4 Å². The predicted molar refractivity (Wildman–Crippen MR) is 84.7 cm³/mol. The number of amides is 1. The monoisotopic (exact) mass is 304 g/mol. The van der Waals surface area contributed by atoms with Gasteiger partial charge >= 0.3 is 5.97 Å². The summed E-state index contributed by atoms with van der Waals surface area (Å²) in [6, 6.07) is 6.85. The van der Waals surface area contributed by atoms with E-state index in [1.807, 2.05) is 38.2 Å². The zero-order chi connectivity index (χ0) is 16.1. The average molecular weight is 304 g/mol. The third-order valence-electron chi connectivity index (χ3n) is 4.17. The van der Waals surface area contributed by atoms with Gasteiger partial charge in [0, 0.05) is 13.0 Å². The molecule has 1 fully saturated rings. The maximum Gasteiger partial charge on any atom is 0.326 e. The van der Waals surface area contributed by atoms with Crippen molar-refractivity contribution in [2.45, 2.75) is 32.2 Å². The first-order valence-corrected chi connectivity index (χ1v) is 7.73. The number of rotatable bonds is 5. The molecule has 0 aliphatic carbocycles. The number of benzene rings is 1. The minimum absolute atomic E-state index is 0.112. The van der Waals surface area contributed by atoms with E-state index < -0.39 is 12.0 Å². The van der Waals surface area contributed by atoms with Gasteiger partial charge in [0.05, 0.1) is 5.92 Å². The van der Waals surface area contributed by atoms with Crippen LogP contribution in [0.4, 0.5) is 0 Å². The van der Waals surface area contributed by atoms with Crippen LogP contribution < -0.4 is 5.32 Å². The van der Waals surface area contributed by atoms with Crippen LogP contribution in [0.3, 0.4) is 0 Å². The number of hydrogen-bond acceptors (Lipinski definition) is 3. The Kier molecular flexibility index (Phi) is 5.55. The molecule has 1 aromatic carbocycles. The van der Waals surface area contributed by atoms with E-state index in [1.54, 1.807) is 0 Å². The van der Waals surface area contributed by atoms with E-state index in [1.165, 1.54) is 0 Å². The van der Waals surface area contributed by atoms with Crippen molar-refractivity contribution < 1.29 is 14.7 Å².